The standard InChI is InChI=1S/C17H28N2O/c1-3-13-5-7-14(8-6-13)17(19-18)15-9-11-16(12-10-15)20-4-2/h9-14,17,19H,3-8,18H2,1-2H3. The fraction of sp³-hybridized carbons (Fsp3) is 0.647. The van der Waals surface area contributed by atoms with Crippen molar-refractivity contribution >= 4 is 0 Å². The van der Waals surface area contributed by atoms with E-state index < -0.39 is 0 Å². The first-order chi connectivity index (χ1) is 9.78. The van der Waals surface area contributed by atoms with Crippen LogP contribution in [0.2, 0.25) is 0 Å². The molecular formula is C17H28N2O. The average Bonchev–Trinajstić information content (AvgIpc) is 2.51. The van der Waals surface area contributed by atoms with Crippen LogP contribution in [-0.4, -0.2) is 6.61 Å². The molecule has 3 nitrogen and oxygen atoms in total. The number of nitrogens with one attached hydrogen (secondary N) is 1. The van der Waals surface area contributed by atoms with Crippen molar-refractivity contribution < 1.29 is 4.74 Å². The molecule has 1 aliphatic carbocycles. The monoisotopic (exact) mass is 276 g/mol. The molecule has 1 saturated carbocycles. The van der Waals surface area contributed by atoms with Gasteiger partial charge in [-0.25, -0.2) is 0 Å². The molecule has 1 aliphatic rings. The van der Waals surface area contributed by atoms with E-state index in [9.17, 15) is 0 Å². The second kappa shape index (κ2) is 7.65. The molecule has 1 atom stereocenters. The molecule has 112 valence electrons. The molecule has 0 amide bonds. The highest BCUT2D eigenvalue weighted by molar-refractivity contribution is 5.29. The Bertz CT molecular complexity index is 382. The van der Waals surface area contributed by atoms with Gasteiger partial charge in [0.2, 0.25) is 0 Å². The summed E-state index contributed by atoms with van der Waals surface area (Å²) in [6.07, 6.45) is 6.56. The molecule has 0 radical (unpaired) electrons. The van der Waals surface area contributed by atoms with Gasteiger partial charge in [0.05, 0.1) is 6.61 Å². The van der Waals surface area contributed by atoms with Crippen molar-refractivity contribution in [3.05, 3.63) is 29.8 Å². The van der Waals surface area contributed by atoms with Gasteiger partial charge in [0.1, 0.15) is 5.75 Å². The zero-order chi connectivity index (χ0) is 14.4. The number of hydrogen-bond acceptors (Lipinski definition) is 3. The fourth-order valence-electron chi connectivity index (χ4n) is 3.37. The first-order valence-electron chi connectivity index (χ1n) is 7.97. The van der Waals surface area contributed by atoms with Crippen LogP contribution in [0.1, 0.15) is 57.6 Å². The third kappa shape index (κ3) is 3.74. The van der Waals surface area contributed by atoms with Gasteiger partial charge in [-0.1, -0.05) is 38.3 Å². The van der Waals surface area contributed by atoms with Crippen molar-refractivity contribution in [1.29, 1.82) is 0 Å². The highest BCUT2D eigenvalue weighted by atomic mass is 16.5. The predicted octanol–water partition coefficient (Wildman–Crippen LogP) is 3.81. The Morgan fingerprint density at radius 2 is 1.80 bits per heavy atom. The Hall–Kier alpha value is -1.06. The quantitative estimate of drug-likeness (QED) is 0.613. The summed E-state index contributed by atoms with van der Waals surface area (Å²) in [6, 6.07) is 8.63. The molecule has 20 heavy (non-hydrogen) atoms. The van der Waals surface area contributed by atoms with E-state index >= 15 is 0 Å². The number of benzene rings is 1. The Morgan fingerprint density at radius 1 is 1.15 bits per heavy atom. The third-order valence-corrected chi connectivity index (χ3v) is 4.67. The largest absolute Gasteiger partial charge is 0.494 e. The Balaban J connectivity index is 2.00. The molecule has 3 N–H and O–H groups in total. The smallest absolute Gasteiger partial charge is 0.119 e. The summed E-state index contributed by atoms with van der Waals surface area (Å²) in [5, 5.41) is 0. The summed E-state index contributed by atoms with van der Waals surface area (Å²) < 4.78 is 5.50. The van der Waals surface area contributed by atoms with Crippen LogP contribution in [0.15, 0.2) is 24.3 Å². The summed E-state index contributed by atoms with van der Waals surface area (Å²) in [4.78, 5) is 0. The van der Waals surface area contributed by atoms with E-state index in [1.807, 2.05) is 19.1 Å². The lowest BCUT2D eigenvalue weighted by atomic mass is 9.76. The van der Waals surface area contributed by atoms with Gasteiger partial charge in [0.15, 0.2) is 0 Å². The minimum absolute atomic E-state index is 0.267. The molecule has 0 aliphatic heterocycles. The molecule has 0 heterocycles. The average molecular weight is 276 g/mol. The van der Waals surface area contributed by atoms with Gasteiger partial charge in [-0.15, -0.1) is 0 Å². The van der Waals surface area contributed by atoms with Crippen molar-refractivity contribution in [3.63, 3.8) is 0 Å². The van der Waals surface area contributed by atoms with Crippen LogP contribution in [0.3, 0.4) is 0 Å². The van der Waals surface area contributed by atoms with E-state index in [2.05, 4.69) is 24.5 Å². The van der Waals surface area contributed by atoms with E-state index in [1.165, 1.54) is 37.7 Å². The minimum Gasteiger partial charge on any atom is -0.494 e. The molecule has 0 saturated heterocycles. The lowest BCUT2D eigenvalue weighted by molar-refractivity contribution is 0.219. The molecule has 1 fully saturated rings. The van der Waals surface area contributed by atoms with E-state index in [1.54, 1.807) is 0 Å². The second-order valence-electron chi connectivity index (χ2n) is 5.84. The maximum Gasteiger partial charge on any atom is 0.119 e. The van der Waals surface area contributed by atoms with Crippen molar-refractivity contribution in [2.45, 2.75) is 52.0 Å². The summed E-state index contributed by atoms with van der Waals surface area (Å²) in [5.74, 6) is 8.33. The van der Waals surface area contributed by atoms with Crippen molar-refractivity contribution in [1.82, 2.24) is 5.43 Å². The van der Waals surface area contributed by atoms with Gasteiger partial charge in [-0.05, 0) is 49.3 Å². The van der Waals surface area contributed by atoms with Gasteiger partial charge in [-0.2, -0.15) is 0 Å². The molecule has 0 bridgehead atoms. The Labute approximate surface area is 122 Å². The maximum absolute atomic E-state index is 5.82. The zero-order valence-corrected chi connectivity index (χ0v) is 12.8. The zero-order valence-electron chi connectivity index (χ0n) is 12.8. The molecule has 2 rings (SSSR count). The molecule has 0 spiro atoms. The number of ether oxygens (including phenoxy) is 1. The van der Waals surface area contributed by atoms with Crippen LogP contribution in [-0.2, 0) is 0 Å². The van der Waals surface area contributed by atoms with Gasteiger partial charge in [0, 0.05) is 6.04 Å². The van der Waals surface area contributed by atoms with Gasteiger partial charge >= 0.3 is 0 Å². The summed E-state index contributed by atoms with van der Waals surface area (Å²) in [6.45, 7) is 5.01. The molecule has 1 unspecified atom stereocenters. The van der Waals surface area contributed by atoms with Crippen LogP contribution >= 0.6 is 0 Å². The normalized spacial score (nSPS) is 24.4. The first-order valence-corrected chi connectivity index (χ1v) is 7.97. The lowest BCUT2D eigenvalue weighted by Gasteiger charge is -2.33. The Kier molecular flexibility index (Phi) is 5.86. The number of hydrogen-bond donors (Lipinski definition) is 2. The summed E-state index contributed by atoms with van der Waals surface area (Å²) in [7, 11) is 0. The summed E-state index contributed by atoms with van der Waals surface area (Å²) in [5.41, 5.74) is 4.31. The first kappa shape index (κ1) is 15.3. The van der Waals surface area contributed by atoms with Crippen LogP contribution in [0.4, 0.5) is 0 Å². The topological polar surface area (TPSA) is 47.3 Å². The van der Waals surface area contributed by atoms with E-state index in [-0.39, 0.29) is 6.04 Å². The van der Waals surface area contributed by atoms with Crippen LogP contribution < -0.4 is 16.0 Å². The van der Waals surface area contributed by atoms with Crippen LogP contribution in [0.25, 0.3) is 0 Å². The summed E-state index contributed by atoms with van der Waals surface area (Å²) >= 11 is 0. The van der Waals surface area contributed by atoms with E-state index in [0.29, 0.717) is 12.5 Å². The molecular weight excluding hydrogens is 248 g/mol. The van der Waals surface area contributed by atoms with Crippen LogP contribution in [0.5, 0.6) is 5.75 Å². The maximum atomic E-state index is 5.82. The minimum atomic E-state index is 0.267. The van der Waals surface area contributed by atoms with Crippen molar-refractivity contribution in [2.75, 3.05) is 6.61 Å². The van der Waals surface area contributed by atoms with Gasteiger partial charge in [0.25, 0.3) is 0 Å². The number of rotatable bonds is 6. The highest BCUT2D eigenvalue weighted by Crippen LogP contribution is 2.37. The number of nitrogens with two attached hydrogens (primary N) is 1. The Morgan fingerprint density at radius 3 is 2.30 bits per heavy atom. The van der Waals surface area contributed by atoms with E-state index in [4.69, 9.17) is 10.6 Å². The second-order valence-corrected chi connectivity index (χ2v) is 5.84. The molecule has 1 aromatic rings. The van der Waals surface area contributed by atoms with Crippen molar-refractivity contribution in [3.8, 4) is 5.75 Å². The molecule has 3 heteroatoms. The van der Waals surface area contributed by atoms with Gasteiger partial charge < -0.3 is 4.74 Å². The van der Waals surface area contributed by atoms with Crippen LogP contribution in [0, 0.1) is 11.8 Å². The third-order valence-electron chi connectivity index (χ3n) is 4.67. The van der Waals surface area contributed by atoms with Crippen molar-refractivity contribution in [2.24, 2.45) is 17.7 Å². The van der Waals surface area contributed by atoms with Gasteiger partial charge in [-0.3, -0.25) is 11.3 Å². The molecule has 0 aromatic heterocycles. The predicted molar refractivity (Wildman–Crippen MR) is 83.4 cm³/mol. The molecule has 1 aromatic carbocycles. The van der Waals surface area contributed by atoms with E-state index in [0.717, 1.165) is 11.7 Å². The highest BCUT2D eigenvalue weighted by Gasteiger charge is 2.27. The number of hydrazine groups is 1. The lowest BCUT2D eigenvalue weighted by Crippen LogP contribution is -2.35. The SMILES string of the molecule is CCOc1ccc(C(NN)C2CCC(CC)CC2)cc1. The fourth-order valence-corrected chi connectivity index (χ4v) is 3.37.